The van der Waals surface area contributed by atoms with Crippen molar-refractivity contribution in [1.82, 2.24) is 9.97 Å². The van der Waals surface area contributed by atoms with E-state index in [4.69, 9.17) is 0 Å². The largest absolute Gasteiger partial charge is 0.433 e. The Kier molecular flexibility index (Phi) is 4.14. The first-order valence-electron chi connectivity index (χ1n) is 7.63. The minimum absolute atomic E-state index is 0.0580. The molecule has 0 aromatic carbocycles. The van der Waals surface area contributed by atoms with Gasteiger partial charge in [0.15, 0.2) is 23.0 Å². The molecule has 1 saturated carbocycles. The molecule has 2 aromatic rings. The van der Waals surface area contributed by atoms with E-state index in [1.54, 1.807) is 0 Å². The third-order valence-electron chi connectivity index (χ3n) is 4.18. The monoisotopic (exact) mass is 350 g/mol. The zero-order valence-electron chi connectivity index (χ0n) is 13.2. The summed E-state index contributed by atoms with van der Waals surface area (Å²) in [6.07, 6.45) is -3.84. The molecule has 0 amide bonds. The number of carbonyl (C=O) groups is 3. The van der Waals surface area contributed by atoms with Gasteiger partial charge in [-0.05, 0) is 31.5 Å². The Balaban J connectivity index is 2.05. The van der Waals surface area contributed by atoms with Crippen LogP contribution >= 0.6 is 0 Å². The Morgan fingerprint density at radius 3 is 2.36 bits per heavy atom. The van der Waals surface area contributed by atoms with Crippen LogP contribution in [0, 0.1) is 12.8 Å². The minimum atomic E-state index is -4.60. The Hall–Kier alpha value is -2.64. The number of hydrogen-bond acceptors (Lipinski definition) is 5. The summed E-state index contributed by atoms with van der Waals surface area (Å²) >= 11 is 0. The number of pyridine rings is 2. The molecule has 0 radical (unpaired) electrons. The Labute approximate surface area is 140 Å². The van der Waals surface area contributed by atoms with Crippen molar-refractivity contribution in [2.24, 2.45) is 5.92 Å². The molecular formula is C17H13F3N2O3. The average Bonchev–Trinajstić information content (AvgIpc) is 2.52. The number of fused-ring (bicyclic) bond motifs is 1. The van der Waals surface area contributed by atoms with Gasteiger partial charge in [-0.25, -0.2) is 9.97 Å². The predicted octanol–water partition coefficient (Wildman–Crippen LogP) is 3.08. The minimum Gasteiger partial charge on any atom is -0.298 e. The van der Waals surface area contributed by atoms with Gasteiger partial charge in [0, 0.05) is 23.8 Å². The second kappa shape index (κ2) is 6.02. The second-order valence-electron chi connectivity index (χ2n) is 5.95. The maximum Gasteiger partial charge on any atom is 0.433 e. The molecule has 5 nitrogen and oxygen atoms in total. The highest BCUT2D eigenvalue weighted by Gasteiger charge is 2.37. The fraction of sp³-hybridized carbons (Fsp3) is 0.353. The summed E-state index contributed by atoms with van der Waals surface area (Å²) in [5.74, 6) is -2.84. The van der Waals surface area contributed by atoms with E-state index in [1.165, 1.54) is 19.1 Å². The summed E-state index contributed by atoms with van der Waals surface area (Å²) in [5.41, 5.74) is -1.04. The highest BCUT2D eigenvalue weighted by atomic mass is 19.4. The molecule has 1 aliphatic carbocycles. The van der Waals surface area contributed by atoms with Gasteiger partial charge in [-0.1, -0.05) is 0 Å². The van der Waals surface area contributed by atoms with E-state index in [0.29, 0.717) is 6.42 Å². The number of carbonyl (C=O) groups excluding carboxylic acids is 3. The summed E-state index contributed by atoms with van der Waals surface area (Å²) in [6, 6.07) is 3.30. The lowest BCUT2D eigenvalue weighted by atomic mass is 9.81. The van der Waals surface area contributed by atoms with Crippen LogP contribution in [-0.4, -0.2) is 27.3 Å². The molecule has 8 heteroatoms. The Morgan fingerprint density at radius 2 is 1.76 bits per heavy atom. The van der Waals surface area contributed by atoms with Crippen molar-refractivity contribution >= 4 is 28.4 Å². The molecular weight excluding hydrogens is 337 g/mol. The molecule has 130 valence electrons. The standard InChI is InChI=1S/C17H13F3N2O3/c1-8-10(15(25)14-11(23)3-2-4-12(14)24)7-9-5-6-13(17(18,19)20)22-16(9)21-8/h5-7,14H,2-4H2,1H3. The number of hydrogen-bond donors (Lipinski definition) is 0. The van der Waals surface area contributed by atoms with Crippen molar-refractivity contribution < 1.29 is 27.6 Å². The quantitative estimate of drug-likeness (QED) is 0.614. The van der Waals surface area contributed by atoms with Crippen LogP contribution in [-0.2, 0) is 15.8 Å². The molecule has 0 saturated heterocycles. The highest BCUT2D eigenvalue weighted by molar-refractivity contribution is 6.25. The van der Waals surface area contributed by atoms with Crippen molar-refractivity contribution in [2.45, 2.75) is 32.4 Å². The molecule has 1 fully saturated rings. The lowest BCUT2D eigenvalue weighted by molar-refractivity contribution is -0.141. The molecule has 2 aromatic heterocycles. The summed E-state index contributed by atoms with van der Waals surface area (Å²) in [4.78, 5) is 44.0. The van der Waals surface area contributed by atoms with Crippen molar-refractivity contribution in [3.05, 3.63) is 35.2 Å². The van der Waals surface area contributed by atoms with Gasteiger partial charge in [0.1, 0.15) is 11.6 Å². The Bertz CT molecular complexity index is 890. The zero-order chi connectivity index (χ0) is 18.4. The van der Waals surface area contributed by atoms with E-state index >= 15 is 0 Å². The van der Waals surface area contributed by atoms with Gasteiger partial charge >= 0.3 is 6.18 Å². The number of rotatable bonds is 2. The maximum atomic E-state index is 12.7. The van der Waals surface area contributed by atoms with Crippen LogP contribution in [0.4, 0.5) is 13.2 Å². The van der Waals surface area contributed by atoms with Crippen LogP contribution in [0.25, 0.3) is 11.0 Å². The van der Waals surface area contributed by atoms with Gasteiger partial charge in [-0.15, -0.1) is 0 Å². The second-order valence-corrected chi connectivity index (χ2v) is 5.95. The normalized spacial score (nSPS) is 16.5. The third kappa shape index (κ3) is 3.16. The summed E-state index contributed by atoms with van der Waals surface area (Å²) < 4.78 is 38.2. The van der Waals surface area contributed by atoms with E-state index in [-0.39, 0.29) is 35.1 Å². The highest BCUT2D eigenvalue weighted by Crippen LogP contribution is 2.30. The number of aryl methyl sites for hydroxylation is 1. The number of nitrogens with zero attached hydrogens (tertiary/aromatic N) is 2. The third-order valence-corrected chi connectivity index (χ3v) is 4.18. The molecule has 0 atom stereocenters. The van der Waals surface area contributed by atoms with Crippen molar-refractivity contribution in [3.63, 3.8) is 0 Å². The number of Topliss-reactive ketones (excluding diaryl/α,β-unsaturated/α-hetero) is 3. The van der Waals surface area contributed by atoms with Gasteiger partial charge in [0.05, 0.1) is 5.69 Å². The van der Waals surface area contributed by atoms with E-state index < -0.39 is 35.1 Å². The molecule has 3 rings (SSSR count). The van der Waals surface area contributed by atoms with E-state index in [9.17, 15) is 27.6 Å². The van der Waals surface area contributed by atoms with Gasteiger partial charge in [-0.3, -0.25) is 14.4 Å². The predicted molar refractivity (Wildman–Crippen MR) is 81.0 cm³/mol. The average molecular weight is 350 g/mol. The SMILES string of the molecule is Cc1nc2nc(C(F)(F)F)ccc2cc1C(=O)C1C(=O)CCCC1=O. The number of alkyl halides is 3. The lowest BCUT2D eigenvalue weighted by Crippen LogP contribution is -2.35. The first-order chi connectivity index (χ1) is 11.7. The number of halogens is 3. The zero-order valence-corrected chi connectivity index (χ0v) is 13.2. The molecule has 0 spiro atoms. The fourth-order valence-corrected chi connectivity index (χ4v) is 2.90. The van der Waals surface area contributed by atoms with Crippen LogP contribution in [0.3, 0.4) is 0 Å². The topological polar surface area (TPSA) is 77.0 Å². The van der Waals surface area contributed by atoms with Gasteiger partial charge in [-0.2, -0.15) is 13.2 Å². The lowest BCUT2D eigenvalue weighted by Gasteiger charge is -2.19. The van der Waals surface area contributed by atoms with Crippen LogP contribution < -0.4 is 0 Å². The Morgan fingerprint density at radius 1 is 1.12 bits per heavy atom. The first kappa shape index (κ1) is 17.2. The van der Waals surface area contributed by atoms with Crippen LogP contribution in [0.15, 0.2) is 18.2 Å². The van der Waals surface area contributed by atoms with Crippen LogP contribution in [0.5, 0.6) is 0 Å². The van der Waals surface area contributed by atoms with Gasteiger partial charge < -0.3 is 0 Å². The molecule has 0 N–H and O–H groups in total. The van der Waals surface area contributed by atoms with E-state index in [1.807, 2.05) is 0 Å². The molecule has 0 aliphatic heterocycles. The van der Waals surface area contributed by atoms with Crippen LogP contribution in [0.1, 0.15) is 41.0 Å². The van der Waals surface area contributed by atoms with Gasteiger partial charge in [0.2, 0.25) is 0 Å². The number of aromatic nitrogens is 2. The van der Waals surface area contributed by atoms with Crippen molar-refractivity contribution in [1.29, 1.82) is 0 Å². The maximum absolute atomic E-state index is 12.7. The van der Waals surface area contributed by atoms with E-state index in [0.717, 1.165) is 6.07 Å². The first-order valence-corrected chi connectivity index (χ1v) is 7.63. The van der Waals surface area contributed by atoms with Crippen molar-refractivity contribution in [2.75, 3.05) is 0 Å². The fourth-order valence-electron chi connectivity index (χ4n) is 2.90. The summed E-state index contributed by atoms with van der Waals surface area (Å²) in [6.45, 7) is 1.44. The summed E-state index contributed by atoms with van der Waals surface area (Å²) in [5, 5.41) is 0.234. The molecule has 2 heterocycles. The van der Waals surface area contributed by atoms with Crippen LogP contribution in [0.2, 0.25) is 0 Å². The van der Waals surface area contributed by atoms with E-state index in [2.05, 4.69) is 9.97 Å². The van der Waals surface area contributed by atoms with Gasteiger partial charge in [0.25, 0.3) is 0 Å². The smallest absolute Gasteiger partial charge is 0.298 e. The van der Waals surface area contributed by atoms with Crippen molar-refractivity contribution in [3.8, 4) is 0 Å². The molecule has 0 unspecified atom stereocenters. The molecule has 1 aliphatic rings. The molecule has 0 bridgehead atoms. The summed E-state index contributed by atoms with van der Waals surface area (Å²) in [7, 11) is 0. The number of ketones is 3. The molecule has 25 heavy (non-hydrogen) atoms.